The summed E-state index contributed by atoms with van der Waals surface area (Å²) in [5.41, 5.74) is 0.0918. The van der Waals surface area contributed by atoms with Crippen LogP contribution < -0.4 is 0 Å². The average Bonchev–Trinajstić information content (AvgIpc) is 2.34. The van der Waals surface area contributed by atoms with Crippen molar-refractivity contribution in [3.05, 3.63) is 33.8 Å². The summed E-state index contributed by atoms with van der Waals surface area (Å²) in [6.07, 6.45) is 0. The number of hydrogen-bond donors (Lipinski definition) is 0. The number of hydrogen-bond acceptors (Lipinski definition) is 2. The molecule has 0 amide bonds. The molecule has 102 valence electrons. The van der Waals surface area contributed by atoms with Gasteiger partial charge in [-0.1, -0.05) is 6.92 Å². The lowest BCUT2D eigenvalue weighted by molar-refractivity contribution is 0.0966. The van der Waals surface area contributed by atoms with Crippen LogP contribution in [0.4, 0.5) is 8.78 Å². The molecule has 0 saturated heterocycles. The summed E-state index contributed by atoms with van der Waals surface area (Å²) in [5.74, 6) is -1.04. The maximum atomic E-state index is 13.9. The zero-order valence-electron chi connectivity index (χ0n) is 10.8. The van der Waals surface area contributed by atoms with Crippen LogP contribution in [-0.2, 0) is 11.3 Å². The summed E-state index contributed by atoms with van der Waals surface area (Å²) >= 11 is 3.07. The average molecular weight is 322 g/mol. The minimum Gasteiger partial charge on any atom is -0.383 e. The van der Waals surface area contributed by atoms with E-state index < -0.39 is 11.6 Å². The first-order valence-electron chi connectivity index (χ1n) is 5.86. The monoisotopic (exact) mass is 321 g/mol. The fraction of sp³-hybridized carbons (Fsp3) is 0.538. The fourth-order valence-electron chi connectivity index (χ4n) is 1.84. The first kappa shape index (κ1) is 15.5. The van der Waals surface area contributed by atoms with E-state index in [1.807, 2.05) is 18.7 Å². The highest BCUT2D eigenvalue weighted by Gasteiger charge is 2.18. The van der Waals surface area contributed by atoms with Crippen LogP contribution in [0.3, 0.4) is 0 Å². The van der Waals surface area contributed by atoms with Gasteiger partial charge in [-0.15, -0.1) is 0 Å². The molecule has 0 bridgehead atoms. The molecule has 1 aromatic rings. The van der Waals surface area contributed by atoms with Gasteiger partial charge in [-0.3, -0.25) is 4.90 Å². The summed E-state index contributed by atoms with van der Waals surface area (Å²) < 4.78 is 32.9. The molecule has 0 aromatic heterocycles. The Bertz CT molecular complexity index is 401. The Morgan fingerprint density at radius 2 is 2.06 bits per heavy atom. The van der Waals surface area contributed by atoms with Crippen LogP contribution in [0.25, 0.3) is 0 Å². The number of halogens is 3. The summed E-state index contributed by atoms with van der Waals surface area (Å²) in [4.78, 5) is 1.97. The first-order chi connectivity index (χ1) is 8.51. The molecule has 2 nitrogen and oxygen atoms in total. The van der Waals surface area contributed by atoms with Crippen LogP contribution in [0, 0.1) is 11.6 Å². The molecule has 0 aliphatic rings. The Labute approximate surface area is 115 Å². The van der Waals surface area contributed by atoms with Crippen LogP contribution in [0.2, 0.25) is 0 Å². The summed E-state index contributed by atoms with van der Waals surface area (Å²) in [6.45, 7) is 5.40. The number of ether oxygens (including phenoxy) is 1. The Morgan fingerprint density at radius 1 is 1.39 bits per heavy atom. The van der Waals surface area contributed by atoms with Gasteiger partial charge in [0.05, 0.1) is 11.1 Å². The van der Waals surface area contributed by atoms with E-state index >= 15 is 0 Å². The molecule has 0 spiro atoms. The van der Waals surface area contributed by atoms with E-state index in [-0.39, 0.29) is 22.6 Å². The summed E-state index contributed by atoms with van der Waals surface area (Å²) in [7, 11) is 1.62. The molecule has 0 heterocycles. The maximum absolute atomic E-state index is 13.9. The van der Waals surface area contributed by atoms with Gasteiger partial charge in [0.15, 0.2) is 0 Å². The van der Waals surface area contributed by atoms with Crippen LogP contribution in [0.5, 0.6) is 0 Å². The summed E-state index contributed by atoms with van der Waals surface area (Å²) in [5, 5.41) is 0. The second-order valence-electron chi connectivity index (χ2n) is 4.19. The van der Waals surface area contributed by atoms with Crippen molar-refractivity contribution in [2.75, 3.05) is 20.3 Å². The van der Waals surface area contributed by atoms with Gasteiger partial charge in [0.1, 0.15) is 11.6 Å². The van der Waals surface area contributed by atoms with E-state index in [1.165, 1.54) is 12.1 Å². The molecule has 0 N–H and O–H groups in total. The van der Waals surface area contributed by atoms with Gasteiger partial charge >= 0.3 is 0 Å². The van der Waals surface area contributed by atoms with Crippen LogP contribution in [0.1, 0.15) is 19.4 Å². The molecule has 0 saturated carbocycles. The molecule has 1 unspecified atom stereocenters. The smallest absolute Gasteiger partial charge is 0.144 e. The first-order valence-corrected chi connectivity index (χ1v) is 6.65. The van der Waals surface area contributed by atoms with Crippen LogP contribution >= 0.6 is 15.9 Å². The zero-order chi connectivity index (χ0) is 13.7. The van der Waals surface area contributed by atoms with Crippen molar-refractivity contribution in [2.45, 2.75) is 26.4 Å². The van der Waals surface area contributed by atoms with E-state index in [2.05, 4.69) is 15.9 Å². The minimum atomic E-state index is -0.530. The molecular weight excluding hydrogens is 304 g/mol. The molecule has 18 heavy (non-hydrogen) atoms. The lowest BCUT2D eigenvalue weighted by Gasteiger charge is -2.27. The highest BCUT2D eigenvalue weighted by Crippen LogP contribution is 2.23. The fourth-order valence-corrected chi connectivity index (χ4v) is 2.21. The van der Waals surface area contributed by atoms with E-state index in [0.717, 1.165) is 0 Å². The third-order valence-corrected chi connectivity index (χ3v) is 3.55. The Morgan fingerprint density at radius 3 is 2.61 bits per heavy atom. The molecule has 0 radical (unpaired) electrons. The van der Waals surface area contributed by atoms with Gasteiger partial charge in [-0.05, 0) is 41.5 Å². The number of rotatable bonds is 6. The molecule has 0 aliphatic carbocycles. The second-order valence-corrected chi connectivity index (χ2v) is 5.04. The van der Waals surface area contributed by atoms with Crippen molar-refractivity contribution in [1.82, 2.24) is 4.90 Å². The highest BCUT2D eigenvalue weighted by atomic mass is 79.9. The Kier molecular flexibility index (Phi) is 6.18. The quantitative estimate of drug-likeness (QED) is 0.742. The van der Waals surface area contributed by atoms with Gasteiger partial charge in [-0.25, -0.2) is 8.78 Å². The van der Waals surface area contributed by atoms with Crippen molar-refractivity contribution in [3.8, 4) is 0 Å². The highest BCUT2D eigenvalue weighted by molar-refractivity contribution is 9.10. The molecule has 1 aromatic carbocycles. The third-order valence-electron chi connectivity index (χ3n) is 2.94. The van der Waals surface area contributed by atoms with Crippen molar-refractivity contribution >= 4 is 15.9 Å². The third kappa shape index (κ3) is 3.73. The van der Waals surface area contributed by atoms with E-state index in [1.54, 1.807) is 7.11 Å². The molecule has 1 rings (SSSR count). The predicted octanol–water partition coefficient (Wildman–Crippen LogP) is 3.58. The summed E-state index contributed by atoms with van der Waals surface area (Å²) in [6, 6.07) is 2.76. The molecule has 5 heteroatoms. The van der Waals surface area contributed by atoms with Crippen molar-refractivity contribution < 1.29 is 13.5 Å². The van der Waals surface area contributed by atoms with Gasteiger partial charge < -0.3 is 4.74 Å². The standard InChI is InChI=1S/C13H18BrF2NO/c1-4-17(9(2)8-18-3)7-10-12(15)6-5-11(14)13(10)16/h5-6,9H,4,7-8H2,1-3H3. The van der Waals surface area contributed by atoms with Crippen molar-refractivity contribution in [2.24, 2.45) is 0 Å². The normalized spacial score (nSPS) is 13.1. The maximum Gasteiger partial charge on any atom is 0.144 e. The van der Waals surface area contributed by atoms with Gasteiger partial charge in [-0.2, -0.15) is 0 Å². The second kappa shape index (κ2) is 7.16. The van der Waals surface area contributed by atoms with Crippen molar-refractivity contribution in [3.63, 3.8) is 0 Å². The number of nitrogens with zero attached hydrogens (tertiary/aromatic N) is 1. The number of benzene rings is 1. The molecule has 1 atom stereocenters. The predicted molar refractivity (Wildman–Crippen MR) is 71.5 cm³/mol. The molecule has 0 aliphatic heterocycles. The molecule has 0 fully saturated rings. The minimum absolute atomic E-state index is 0.0918. The van der Waals surface area contributed by atoms with Gasteiger partial charge in [0, 0.05) is 25.3 Å². The SMILES string of the molecule is CCN(Cc1c(F)ccc(Br)c1F)C(C)COC. The topological polar surface area (TPSA) is 12.5 Å². The van der Waals surface area contributed by atoms with Crippen LogP contribution in [-0.4, -0.2) is 31.2 Å². The lowest BCUT2D eigenvalue weighted by atomic mass is 10.1. The van der Waals surface area contributed by atoms with E-state index in [4.69, 9.17) is 4.74 Å². The van der Waals surface area contributed by atoms with Crippen molar-refractivity contribution in [1.29, 1.82) is 0 Å². The lowest BCUT2D eigenvalue weighted by Crippen LogP contribution is -2.36. The largest absolute Gasteiger partial charge is 0.383 e. The number of likely N-dealkylation sites (N-methyl/N-ethyl adjacent to an activating group) is 1. The Balaban J connectivity index is 2.91. The van der Waals surface area contributed by atoms with Crippen LogP contribution in [0.15, 0.2) is 16.6 Å². The Hall–Kier alpha value is -0.520. The zero-order valence-corrected chi connectivity index (χ0v) is 12.4. The van der Waals surface area contributed by atoms with Gasteiger partial charge in [0.2, 0.25) is 0 Å². The van der Waals surface area contributed by atoms with E-state index in [0.29, 0.717) is 13.2 Å². The van der Waals surface area contributed by atoms with Gasteiger partial charge in [0.25, 0.3) is 0 Å². The van der Waals surface area contributed by atoms with E-state index in [9.17, 15) is 8.78 Å². The number of methoxy groups -OCH3 is 1. The molecular formula is C13H18BrF2NO.